The van der Waals surface area contributed by atoms with Crippen molar-refractivity contribution in [2.45, 2.75) is 20.3 Å². The molecule has 0 amide bonds. The fraction of sp³-hybridized carbons (Fsp3) is 0.308. The van der Waals surface area contributed by atoms with Gasteiger partial charge >= 0.3 is 29.7 Å². The van der Waals surface area contributed by atoms with E-state index in [1.807, 2.05) is 0 Å². The Morgan fingerprint density at radius 1 is 1.12 bits per heavy atom. The van der Waals surface area contributed by atoms with E-state index in [0.717, 1.165) is 5.92 Å². The topological polar surface area (TPSA) is 0 Å². The molecule has 1 aliphatic rings. The first-order chi connectivity index (χ1) is 7.67. The molecule has 1 aromatic rings. The maximum atomic E-state index is 9.80. The van der Waals surface area contributed by atoms with Crippen molar-refractivity contribution in [1.29, 1.82) is 0 Å². The molecule has 3 heteroatoms. The van der Waals surface area contributed by atoms with Crippen LogP contribution in [0.4, 0.5) is 5.25 Å². The van der Waals surface area contributed by atoms with Gasteiger partial charge in [-0.25, -0.2) is 0 Å². The Balaban J connectivity index is 0.000000386. The molecule has 1 radical (unpaired) electrons. The number of allylic oxidation sites excluding steroid dienone is 1. The van der Waals surface area contributed by atoms with E-state index in [-0.39, 0.29) is 0 Å². The van der Waals surface area contributed by atoms with Gasteiger partial charge in [-0.1, -0.05) is 49.8 Å². The summed E-state index contributed by atoms with van der Waals surface area (Å²) >= 11 is -2.77. The van der Waals surface area contributed by atoms with E-state index in [4.69, 9.17) is 0 Å². The van der Waals surface area contributed by atoms with Crippen LogP contribution in [-0.2, 0) is 24.5 Å². The molecule has 0 saturated carbocycles. The summed E-state index contributed by atoms with van der Waals surface area (Å²) in [6, 6.07) is 8.56. The van der Waals surface area contributed by atoms with Crippen molar-refractivity contribution < 1.29 is 29.7 Å². The zero-order valence-electron chi connectivity index (χ0n) is 9.50. The third kappa shape index (κ3) is 4.29. The molecule has 1 aromatic carbocycles. The Labute approximate surface area is 109 Å². The van der Waals surface area contributed by atoms with Crippen LogP contribution >= 0.6 is 0 Å². The quantitative estimate of drug-likeness (QED) is 0.753. The van der Waals surface area contributed by atoms with Crippen molar-refractivity contribution in [2.24, 2.45) is 5.92 Å². The minimum atomic E-state index is -2.77. The first-order valence-electron chi connectivity index (χ1n) is 5.28. The molecule has 0 heterocycles. The molecule has 0 saturated heterocycles. The van der Waals surface area contributed by atoms with Gasteiger partial charge in [0.25, 0.3) is 0 Å². The number of halogens is 2. The summed E-state index contributed by atoms with van der Waals surface area (Å²) in [4.78, 5) is 0. The van der Waals surface area contributed by atoms with Crippen molar-refractivity contribution in [1.82, 2.24) is 0 Å². The van der Waals surface area contributed by atoms with E-state index in [2.05, 4.69) is 50.6 Å². The molecule has 0 nitrogen and oxygen atoms in total. The van der Waals surface area contributed by atoms with Gasteiger partial charge in [0, 0.05) is 6.42 Å². The van der Waals surface area contributed by atoms with Gasteiger partial charge in [0.1, 0.15) is 0 Å². The van der Waals surface area contributed by atoms with Crippen LogP contribution in [0.3, 0.4) is 0 Å². The van der Waals surface area contributed by atoms with Crippen molar-refractivity contribution in [2.75, 3.05) is 0 Å². The SMILES string of the molecule is CC(C)CC1=Cc2ccccc2[CH]1.[F][Zr][F]. The Morgan fingerprint density at radius 2 is 1.69 bits per heavy atom. The Morgan fingerprint density at radius 3 is 2.19 bits per heavy atom. The zero-order chi connectivity index (χ0) is 12.0. The van der Waals surface area contributed by atoms with Crippen molar-refractivity contribution in [3.05, 3.63) is 47.4 Å². The molecule has 16 heavy (non-hydrogen) atoms. The number of benzene rings is 1. The van der Waals surface area contributed by atoms with Crippen LogP contribution < -0.4 is 0 Å². The number of fused-ring (bicyclic) bond motifs is 1. The van der Waals surface area contributed by atoms with Crippen LogP contribution in [0.2, 0.25) is 0 Å². The maximum absolute atomic E-state index is 9.80. The first-order valence-corrected chi connectivity index (χ1v) is 7.13. The molecule has 2 rings (SSSR count). The van der Waals surface area contributed by atoms with Crippen molar-refractivity contribution >= 4 is 6.08 Å². The average Bonchev–Trinajstić information content (AvgIpc) is 2.59. The van der Waals surface area contributed by atoms with Crippen molar-refractivity contribution in [3.8, 4) is 0 Å². The van der Waals surface area contributed by atoms with E-state index < -0.39 is 24.5 Å². The molecular weight excluding hydrogens is 285 g/mol. The minimum absolute atomic E-state index is 0.747. The summed E-state index contributed by atoms with van der Waals surface area (Å²) in [7, 11) is 0. The van der Waals surface area contributed by atoms with Crippen LogP contribution in [-0.4, -0.2) is 0 Å². The van der Waals surface area contributed by atoms with Gasteiger partial charge in [0.15, 0.2) is 0 Å². The third-order valence-electron chi connectivity index (χ3n) is 2.32. The molecule has 0 aliphatic heterocycles. The van der Waals surface area contributed by atoms with Gasteiger partial charge in [-0.15, -0.1) is 0 Å². The average molecular weight is 300 g/mol. The van der Waals surface area contributed by atoms with Crippen LogP contribution in [0.25, 0.3) is 6.08 Å². The number of hydrogen-bond donors (Lipinski definition) is 0. The standard InChI is InChI=1S/C13H15.2FH.Zr/c1-10(2)7-11-8-12-5-3-4-6-13(12)9-11;;;/h3-6,8-10H,7H2,1-2H3;2*1H;/q;;;+2/p-2. The second-order valence-corrected chi connectivity index (χ2v) is 4.51. The molecule has 0 atom stereocenters. The fourth-order valence-electron chi connectivity index (χ4n) is 1.80. The van der Waals surface area contributed by atoms with Crippen LogP contribution in [0.1, 0.15) is 31.4 Å². The molecule has 0 N–H and O–H groups in total. The van der Waals surface area contributed by atoms with E-state index in [0.29, 0.717) is 0 Å². The molecule has 1 aliphatic carbocycles. The molecule has 0 unspecified atom stereocenters. The van der Waals surface area contributed by atoms with Gasteiger partial charge < -0.3 is 0 Å². The molecular formula is C13H15F2Zr. The monoisotopic (exact) mass is 299 g/mol. The first kappa shape index (κ1) is 13.8. The summed E-state index contributed by atoms with van der Waals surface area (Å²) in [5.41, 5.74) is 4.22. The predicted molar refractivity (Wildman–Crippen MR) is 59.5 cm³/mol. The molecule has 0 aromatic heterocycles. The Hall–Kier alpha value is -0.297. The van der Waals surface area contributed by atoms with E-state index in [1.54, 1.807) is 0 Å². The fourth-order valence-corrected chi connectivity index (χ4v) is 1.80. The summed E-state index contributed by atoms with van der Waals surface area (Å²) < 4.78 is 19.6. The van der Waals surface area contributed by atoms with Gasteiger partial charge in [0.2, 0.25) is 0 Å². The summed E-state index contributed by atoms with van der Waals surface area (Å²) in [5, 5.41) is 0. The summed E-state index contributed by atoms with van der Waals surface area (Å²) in [5.74, 6) is 0.747. The van der Waals surface area contributed by atoms with Gasteiger partial charge in [-0.05, 0) is 23.5 Å². The van der Waals surface area contributed by atoms with Crippen molar-refractivity contribution in [3.63, 3.8) is 0 Å². The molecule has 0 fully saturated rings. The summed E-state index contributed by atoms with van der Waals surface area (Å²) in [6.07, 6.45) is 5.79. The van der Waals surface area contributed by atoms with E-state index in [9.17, 15) is 5.25 Å². The van der Waals surface area contributed by atoms with Gasteiger partial charge in [-0.2, -0.15) is 0 Å². The number of hydrogen-bond acceptors (Lipinski definition) is 0. The zero-order valence-corrected chi connectivity index (χ0v) is 12.0. The second kappa shape index (κ2) is 7.11. The molecule has 85 valence electrons. The molecule has 0 spiro atoms. The van der Waals surface area contributed by atoms with Crippen LogP contribution in [0, 0.1) is 12.3 Å². The third-order valence-corrected chi connectivity index (χ3v) is 2.32. The Kier molecular flexibility index (Phi) is 6.12. The predicted octanol–water partition coefficient (Wildman–Crippen LogP) is 4.52. The number of rotatable bonds is 2. The summed E-state index contributed by atoms with van der Waals surface area (Å²) in [6.45, 7) is 4.52. The van der Waals surface area contributed by atoms with E-state index in [1.165, 1.54) is 23.1 Å². The molecule has 0 bridgehead atoms. The van der Waals surface area contributed by atoms with Crippen LogP contribution in [0.5, 0.6) is 0 Å². The van der Waals surface area contributed by atoms with Gasteiger partial charge in [0.05, 0.1) is 0 Å². The van der Waals surface area contributed by atoms with Gasteiger partial charge in [-0.3, -0.25) is 0 Å². The normalized spacial score (nSPS) is 12.7. The van der Waals surface area contributed by atoms with E-state index >= 15 is 0 Å². The Bertz CT molecular complexity index is 359. The van der Waals surface area contributed by atoms with Crippen LogP contribution in [0.15, 0.2) is 29.8 Å². The second-order valence-electron chi connectivity index (χ2n) is 4.16.